The highest BCUT2D eigenvalue weighted by atomic mass is 32.1. The smallest absolute Gasteiger partial charge is 0.0339 e. The lowest BCUT2D eigenvalue weighted by atomic mass is 10.2. The van der Waals surface area contributed by atoms with Crippen LogP contribution in [-0.4, -0.2) is 0 Å². The summed E-state index contributed by atoms with van der Waals surface area (Å²) in [7, 11) is 0. The zero-order valence-corrected chi connectivity index (χ0v) is 9.40. The fraction of sp³-hybridized carbons (Fsp3) is 0.167. The van der Waals surface area contributed by atoms with E-state index in [0.717, 1.165) is 11.3 Å². The van der Waals surface area contributed by atoms with Gasteiger partial charge in [-0.05, 0) is 37.6 Å². The van der Waals surface area contributed by atoms with Crippen molar-refractivity contribution < 1.29 is 0 Å². The highest BCUT2D eigenvalue weighted by Gasteiger charge is 1.97. The lowest BCUT2D eigenvalue weighted by molar-refractivity contribution is 1.40. The lowest BCUT2D eigenvalue weighted by Gasteiger charge is -1.94. The molecule has 1 rings (SSSR count). The Hall–Kier alpha value is -1.28. The van der Waals surface area contributed by atoms with Crippen molar-refractivity contribution in [2.75, 3.05) is 0 Å². The zero-order valence-electron chi connectivity index (χ0n) is 8.58. The highest BCUT2D eigenvalue weighted by molar-refractivity contribution is 7.13. The predicted octanol–water partition coefficient (Wildman–Crippen LogP) is 3.49. The molecule has 2 heteroatoms. The van der Waals surface area contributed by atoms with Crippen LogP contribution in [0.1, 0.15) is 16.7 Å². The van der Waals surface area contributed by atoms with Gasteiger partial charge < -0.3 is 5.73 Å². The monoisotopic (exact) mass is 205 g/mol. The number of aryl methyl sites for hydroxylation is 1. The topological polar surface area (TPSA) is 26.0 Å². The first-order valence-corrected chi connectivity index (χ1v) is 5.30. The summed E-state index contributed by atoms with van der Waals surface area (Å²) in [4.78, 5) is 2.50. The van der Waals surface area contributed by atoms with Crippen molar-refractivity contribution in [1.29, 1.82) is 0 Å². The van der Waals surface area contributed by atoms with Gasteiger partial charge in [-0.2, -0.15) is 0 Å². The summed E-state index contributed by atoms with van der Waals surface area (Å²) >= 11 is 1.74. The number of nitrogens with two attached hydrogens (primary N) is 1. The van der Waals surface area contributed by atoms with E-state index in [4.69, 9.17) is 5.73 Å². The Balaban J connectivity index is 2.73. The Labute approximate surface area is 89.3 Å². The number of hydrogen-bond donors (Lipinski definition) is 1. The van der Waals surface area contributed by atoms with Gasteiger partial charge in [0.2, 0.25) is 0 Å². The number of thiophene rings is 1. The minimum atomic E-state index is 0.763. The summed E-state index contributed by atoms with van der Waals surface area (Å²) in [5.74, 6) is 0. The van der Waals surface area contributed by atoms with Crippen molar-refractivity contribution >= 4 is 16.9 Å². The van der Waals surface area contributed by atoms with Crippen LogP contribution in [0, 0.1) is 6.92 Å². The molecule has 0 atom stereocenters. The third kappa shape index (κ3) is 2.89. The minimum absolute atomic E-state index is 0.763. The van der Waals surface area contributed by atoms with Gasteiger partial charge in [0.1, 0.15) is 0 Å². The maximum atomic E-state index is 5.64. The van der Waals surface area contributed by atoms with E-state index in [-0.39, 0.29) is 0 Å². The van der Waals surface area contributed by atoms with Gasteiger partial charge in [0.15, 0.2) is 0 Å². The van der Waals surface area contributed by atoms with Gasteiger partial charge in [-0.15, -0.1) is 11.3 Å². The van der Waals surface area contributed by atoms with Crippen LogP contribution in [0.15, 0.2) is 42.6 Å². The molecule has 0 aliphatic rings. The van der Waals surface area contributed by atoms with Crippen molar-refractivity contribution in [3.63, 3.8) is 0 Å². The minimum Gasteiger partial charge on any atom is -0.399 e. The molecule has 0 aliphatic carbocycles. The lowest BCUT2D eigenvalue weighted by Crippen LogP contribution is -1.90. The van der Waals surface area contributed by atoms with Crippen LogP contribution < -0.4 is 5.73 Å². The van der Waals surface area contributed by atoms with Gasteiger partial charge in [-0.3, -0.25) is 0 Å². The molecule has 1 aromatic rings. The van der Waals surface area contributed by atoms with Crippen molar-refractivity contribution in [3.8, 4) is 0 Å². The summed E-state index contributed by atoms with van der Waals surface area (Å²) in [5, 5.41) is 0. The van der Waals surface area contributed by atoms with Crippen LogP contribution in [0.4, 0.5) is 0 Å². The normalized spacial score (nSPS) is 12.3. The molecule has 0 unspecified atom stereocenters. The van der Waals surface area contributed by atoms with Crippen LogP contribution >= 0.6 is 11.3 Å². The van der Waals surface area contributed by atoms with Crippen LogP contribution in [0.2, 0.25) is 0 Å². The molecule has 1 heterocycles. The maximum Gasteiger partial charge on any atom is 0.0339 e. The SMILES string of the molecule is C=C(/C=C\C(N)=C/C)c1ccc(C)s1. The average Bonchev–Trinajstić information content (AvgIpc) is 2.60. The largest absolute Gasteiger partial charge is 0.399 e. The summed E-state index contributed by atoms with van der Waals surface area (Å²) in [6.07, 6.45) is 5.68. The molecule has 0 amide bonds. The Morgan fingerprint density at radius 2 is 2.14 bits per heavy atom. The van der Waals surface area contributed by atoms with Crippen LogP contribution in [0.3, 0.4) is 0 Å². The molecule has 0 bridgehead atoms. The molecule has 0 aliphatic heterocycles. The fourth-order valence-electron chi connectivity index (χ4n) is 0.982. The van der Waals surface area contributed by atoms with Crippen LogP contribution in [-0.2, 0) is 0 Å². The third-order valence-corrected chi connectivity index (χ3v) is 2.94. The van der Waals surface area contributed by atoms with Crippen molar-refractivity contribution in [2.45, 2.75) is 13.8 Å². The molecule has 2 N–H and O–H groups in total. The summed E-state index contributed by atoms with van der Waals surface area (Å²) in [5.41, 5.74) is 7.41. The molecule has 74 valence electrons. The van der Waals surface area contributed by atoms with Crippen LogP contribution in [0.25, 0.3) is 5.57 Å². The zero-order chi connectivity index (χ0) is 10.6. The van der Waals surface area contributed by atoms with E-state index < -0.39 is 0 Å². The van der Waals surface area contributed by atoms with Crippen LogP contribution in [0.5, 0.6) is 0 Å². The number of rotatable bonds is 3. The van der Waals surface area contributed by atoms with Gasteiger partial charge in [0, 0.05) is 15.5 Å². The summed E-state index contributed by atoms with van der Waals surface area (Å²) < 4.78 is 0. The molecule has 14 heavy (non-hydrogen) atoms. The van der Waals surface area contributed by atoms with Crippen molar-refractivity contribution in [1.82, 2.24) is 0 Å². The second kappa shape index (κ2) is 4.82. The van der Waals surface area contributed by atoms with Gasteiger partial charge >= 0.3 is 0 Å². The highest BCUT2D eigenvalue weighted by Crippen LogP contribution is 2.23. The van der Waals surface area contributed by atoms with Gasteiger partial charge in [-0.25, -0.2) is 0 Å². The Morgan fingerprint density at radius 1 is 1.43 bits per heavy atom. The van der Waals surface area contributed by atoms with E-state index in [1.807, 2.05) is 25.2 Å². The van der Waals surface area contributed by atoms with Gasteiger partial charge in [0.25, 0.3) is 0 Å². The van der Waals surface area contributed by atoms with E-state index in [2.05, 4.69) is 25.6 Å². The van der Waals surface area contributed by atoms with E-state index >= 15 is 0 Å². The fourth-order valence-corrected chi connectivity index (χ4v) is 1.80. The molecule has 0 saturated heterocycles. The molecule has 1 nitrogen and oxygen atoms in total. The van der Waals surface area contributed by atoms with E-state index in [0.29, 0.717) is 0 Å². The predicted molar refractivity (Wildman–Crippen MR) is 65.2 cm³/mol. The third-order valence-electron chi connectivity index (χ3n) is 1.87. The molecule has 0 spiro atoms. The molecule has 0 fully saturated rings. The number of allylic oxidation sites excluding steroid dienone is 4. The first kappa shape index (κ1) is 10.8. The van der Waals surface area contributed by atoms with E-state index in [1.54, 1.807) is 11.3 Å². The Kier molecular flexibility index (Phi) is 3.72. The van der Waals surface area contributed by atoms with Crippen molar-refractivity contribution in [2.24, 2.45) is 5.73 Å². The van der Waals surface area contributed by atoms with Gasteiger partial charge in [-0.1, -0.05) is 18.7 Å². The molecule has 0 radical (unpaired) electrons. The van der Waals surface area contributed by atoms with Crippen molar-refractivity contribution in [3.05, 3.63) is 52.4 Å². The Morgan fingerprint density at radius 3 is 2.64 bits per heavy atom. The Bertz CT molecular complexity index is 383. The molecule has 0 aromatic carbocycles. The molecule has 0 saturated carbocycles. The first-order chi connectivity index (χ1) is 6.63. The quantitative estimate of drug-likeness (QED) is 0.751. The molecule has 1 aromatic heterocycles. The second-order valence-corrected chi connectivity index (χ2v) is 4.35. The van der Waals surface area contributed by atoms with Gasteiger partial charge in [0.05, 0.1) is 0 Å². The standard InChI is InChI=1S/C12H15NS/c1-4-11(13)7-5-9(2)12-8-6-10(3)14-12/h4-8H,2,13H2,1,3H3/b7-5-,11-4+. The first-order valence-electron chi connectivity index (χ1n) is 4.49. The molecular formula is C12H15NS. The summed E-state index contributed by atoms with van der Waals surface area (Å²) in [6, 6.07) is 4.18. The maximum absolute atomic E-state index is 5.64. The average molecular weight is 205 g/mol. The second-order valence-electron chi connectivity index (χ2n) is 3.06. The summed E-state index contributed by atoms with van der Waals surface area (Å²) in [6.45, 7) is 7.99. The van der Waals surface area contributed by atoms with E-state index in [1.165, 1.54) is 9.75 Å². The number of hydrogen-bond acceptors (Lipinski definition) is 2. The van der Waals surface area contributed by atoms with E-state index in [9.17, 15) is 0 Å². The molecular weight excluding hydrogens is 190 g/mol.